The van der Waals surface area contributed by atoms with E-state index in [0.29, 0.717) is 0 Å². The van der Waals surface area contributed by atoms with E-state index >= 15 is 0 Å². The molecule has 1 aromatic carbocycles. The fraction of sp³-hybridized carbons (Fsp3) is 0.429. The second-order valence-corrected chi connectivity index (χ2v) is 7.27. The summed E-state index contributed by atoms with van der Waals surface area (Å²) in [5.74, 6) is -1.85. The van der Waals surface area contributed by atoms with Crippen molar-refractivity contribution < 1.29 is 27.5 Å². The molecule has 1 atom stereocenters. The van der Waals surface area contributed by atoms with Crippen molar-refractivity contribution in [2.45, 2.75) is 11.8 Å². The molecule has 0 aliphatic heterocycles. The van der Waals surface area contributed by atoms with Crippen LogP contribution in [-0.4, -0.2) is 52.5 Å². The van der Waals surface area contributed by atoms with E-state index in [4.69, 9.17) is 11.6 Å². The number of esters is 2. The molecule has 9 heteroatoms. The molecule has 0 amide bonds. The van der Waals surface area contributed by atoms with Crippen LogP contribution in [0, 0.1) is 5.92 Å². The van der Waals surface area contributed by atoms with Crippen molar-refractivity contribution in [3.8, 4) is 0 Å². The largest absolute Gasteiger partial charge is 0.469 e. The van der Waals surface area contributed by atoms with Crippen molar-refractivity contribution >= 4 is 33.6 Å². The SMILES string of the molecule is COC(=O)c1ccc(Cl)c(S(=O)(=O)N(C)CC(C)C(=O)OC)c1. The van der Waals surface area contributed by atoms with Crippen LogP contribution in [0.3, 0.4) is 0 Å². The minimum absolute atomic E-state index is 0.0322. The monoisotopic (exact) mass is 363 g/mol. The average Bonchev–Trinajstić information content (AvgIpc) is 2.53. The number of rotatable bonds is 6. The van der Waals surface area contributed by atoms with Crippen molar-refractivity contribution in [3.63, 3.8) is 0 Å². The summed E-state index contributed by atoms with van der Waals surface area (Å²) in [6.45, 7) is 1.46. The summed E-state index contributed by atoms with van der Waals surface area (Å²) in [7, 11) is -0.253. The minimum Gasteiger partial charge on any atom is -0.469 e. The van der Waals surface area contributed by atoms with E-state index in [2.05, 4.69) is 9.47 Å². The van der Waals surface area contributed by atoms with Crippen molar-refractivity contribution in [1.82, 2.24) is 4.31 Å². The van der Waals surface area contributed by atoms with Gasteiger partial charge in [-0.15, -0.1) is 0 Å². The lowest BCUT2D eigenvalue weighted by Crippen LogP contribution is -2.34. The van der Waals surface area contributed by atoms with Crippen LogP contribution in [0.25, 0.3) is 0 Å². The number of benzene rings is 1. The van der Waals surface area contributed by atoms with Crippen LogP contribution >= 0.6 is 11.6 Å². The molecule has 0 saturated heterocycles. The van der Waals surface area contributed by atoms with E-state index in [1.165, 1.54) is 33.4 Å². The molecule has 0 aliphatic rings. The highest BCUT2D eigenvalue weighted by molar-refractivity contribution is 7.89. The van der Waals surface area contributed by atoms with E-state index in [1.54, 1.807) is 6.92 Å². The minimum atomic E-state index is -3.98. The number of halogens is 1. The maximum atomic E-state index is 12.6. The highest BCUT2D eigenvalue weighted by Gasteiger charge is 2.28. The second-order valence-electron chi connectivity index (χ2n) is 4.85. The maximum Gasteiger partial charge on any atom is 0.337 e. The van der Waals surface area contributed by atoms with E-state index in [1.807, 2.05) is 0 Å². The fourth-order valence-corrected chi connectivity index (χ4v) is 3.63. The molecule has 1 unspecified atom stereocenters. The Morgan fingerprint density at radius 1 is 1.26 bits per heavy atom. The zero-order valence-corrected chi connectivity index (χ0v) is 14.8. The average molecular weight is 364 g/mol. The summed E-state index contributed by atoms with van der Waals surface area (Å²) in [6.07, 6.45) is 0. The highest BCUT2D eigenvalue weighted by Crippen LogP contribution is 2.26. The van der Waals surface area contributed by atoms with Crippen molar-refractivity contribution in [2.24, 2.45) is 5.92 Å². The number of methoxy groups -OCH3 is 2. The van der Waals surface area contributed by atoms with Gasteiger partial charge in [-0.25, -0.2) is 17.5 Å². The van der Waals surface area contributed by atoms with Crippen LogP contribution in [0.2, 0.25) is 5.02 Å². The fourth-order valence-electron chi connectivity index (χ4n) is 1.87. The van der Waals surface area contributed by atoms with Crippen molar-refractivity contribution in [3.05, 3.63) is 28.8 Å². The third kappa shape index (κ3) is 4.43. The number of sulfonamides is 1. The van der Waals surface area contributed by atoms with E-state index < -0.39 is 27.9 Å². The zero-order valence-electron chi connectivity index (χ0n) is 13.2. The first-order chi connectivity index (χ1) is 10.6. The second kappa shape index (κ2) is 7.76. The maximum absolute atomic E-state index is 12.6. The first-order valence-electron chi connectivity index (χ1n) is 6.57. The number of hydrogen-bond donors (Lipinski definition) is 0. The number of carbonyl (C=O) groups excluding carboxylic acids is 2. The van der Waals surface area contributed by atoms with Gasteiger partial charge in [0.1, 0.15) is 4.90 Å². The summed E-state index contributed by atoms with van der Waals surface area (Å²) >= 11 is 5.95. The summed E-state index contributed by atoms with van der Waals surface area (Å²) in [6, 6.07) is 3.81. The predicted octanol–water partition coefficient (Wildman–Crippen LogP) is 1.56. The zero-order chi connectivity index (χ0) is 17.8. The third-order valence-electron chi connectivity index (χ3n) is 3.18. The molecule has 1 aromatic rings. The van der Waals surface area contributed by atoms with Gasteiger partial charge >= 0.3 is 11.9 Å². The molecule has 128 valence electrons. The van der Waals surface area contributed by atoms with Crippen LogP contribution in [0.5, 0.6) is 0 Å². The highest BCUT2D eigenvalue weighted by atomic mass is 35.5. The first-order valence-corrected chi connectivity index (χ1v) is 8.39. The van der Waals surface area contributed by atoms with Gasteiger partial charge in [-0.05, 0) is 18.2 Å². The van der Waals surface area contributed by atoms with E-state index in [0.717, 1.165) is 10.4 Å². The molecule has 0 fully saturated rings. The van der Waals surface area contributed by atoms with Crippen LogP contribution in [0.15, 0.2) is 23.1 Å². The molecule has 0 saturated carbocycles. The van der Waals surface area contributed by atoms with Gasteiger partial charge < -0.3 is 9.47 Å². The molecule has 23 heavy (non-hydrogen) atoms. The van der Waals surface area contributed by atoms with Crippen LogP contribution < -0.4 is 0 Å². The van der Waals surface area contributed by atoms with Gasteiger partial charge in [-0.1, -0.05) is 18.5 Å². The van der Waals surface area contributed by atoms with Crippen LogP contribution in [0.4, 0.5) is 0 Å². The van der Waals surface area contributed by atoms with Crippen LogP contribution in [0.1, 0.15) is 17.3 Å². The Labute approximate surface area is 140 Å². The molecular weight excluding hydrogens is 346 g/mol. The predicted molar refractivity (Wildman–Crippen MR) is 83.8 cm³/mol. The number of ether oxygens (including phenoxy) is 2. The van der Waals surface area contributed by atoms with Gasteiger partial charge in [0.2, 0.25) is 10.0 Å². The first kappa shape index (κ1) is 19.4. The van der Waals surface area contributed by atoms with Gasteiger partial charge in [-0.2, -0.15) is 0 Å². The van der Waals surface area contributed by atoms with Crippen molar-refractivity contribution in [1.29, 1.82) is 0 Å². The number of carbonyl (C=O) groups is 2. The molecule has 0 N–H and O–H groups in total. The Bertz CT molecular complexity index is 703. The van der Waals surface area contributed by atoms with Gasteiger partial charge in [-0.3, -0.25) is 4.79 Å². The molecule has 0 aliphatic carbocycles. The quantitative estimate of drug-likeness (QED) is 0.712. The third-order valence-corrected chi connectivity index (χ3v) is 5.48. The smallest absolute Gasteiger partial charge is 0.337 e. The Morgan fingerprint density at radius 3 is 2.39 bits per heavy atom. The molecule has 0 radical (unpaired) electrons. The van der Waals surface area contributed by atoms with E-state index in [9.17, 15) is 18.0 Å². The Kier molecular flexibility index (Phi) is 6.55. The summed E-state index contributed by atoms with van der Waals surface area (Å²) in [4.78, 5) is 22.7. The normalized spacial score (nSPS) is 12.8. The summed E-state index contributed by atoms with van der Waals surface area (Å²) < 4.78 is 35.3. The topological polar surface area (TPSA) is 90.0 Å². The van der Waals surface area contributed by atoms with E-state index in [-0.39, 0.29) is 22.0 Å². The van der Waals surface area contributed by atoms with Gasteiger partial charge in [0.15, 0.2) is 0 Å². The standard InChI is InChI=1S/C14H18ClNO6S/c1-9(13(17)21-3)8-16(2)23(19,20)12-7-10(14(18)22-4)5-6-11(12)15/h5-7,9H,8H2,1-4H3. The van der Waals surface area contributed by atoms with Crippen LogP contribution in [-0.2, 0) is 24.3 Å². The molecule has 0 bridgehead atoms. The molecule has 7 nitrogen and oxygen atoms in total. The molecular formula is C14H18ClNO6S. The van der Waals surface area contributed by atoms with Gasteiger partial charge in [0.05, 0.1) is 30.7 Å². The summed E-state index contributed by atoms with van der Waals surface area (Å²) in [5, 5.41) is -0.0322. The lowest BCUT2D eigenvalue weighted by atomic mass is 10.2. The molecule has 0 spiro atoms. The number of hydrogen-bond acceptors (Lipinski definition) is 6. The number of nitrogens with zero attached hydrogens (tertiary/aromatic N) is 1. The Morgan fingerprint density at radius 2 is 1.87 bits per heavy atom. The molecule has 0 aromatic heterocycles. The molecule has 0 heterocycles. The Balaban J connectivity index is 3.17. The lowest BCUT2D eigenvalue weighted by Gasteiger charge is -2.20. The lowest BCUT2D eigenvalue weighted by molar-refractivity contribution is -0.144. The van der Waals surface area contributed by atoms with Crippen molar-refractivity contribution in [2.75, 3.05) is 27.8 Å². The molecule has 1 rings (SSSR count). The van der Waals surface area contributed by atoms with Gasteiger partial charge in [0.25, 0.3) is 0 Å². The van der Waals surface area contributed by atoms with Gasteiger partial charge in [0, 0.05) is 13.6 Å². The summed E-state index contributed by atoms with van der Waals surface area (Å²) in [5.41, 5.74) is 0.0601. The Hall–Kier alpha value is -1.64.